The summed E-state index contributed by atoms with van der Waals surface area (Å²) < 4.78 is 34.5. The molecule has 0 saturated heterocycles. The zero-order valence-electron chi connectivity index (χ0n) is 33.1. The predicted octanol–water partition coefficient (Wildman–Crippen LogP) is 10.8. The second-order valence-corrected chi connectivity index (χ2v) is 16.0. The number of carbonyl (C=O) groups is 1. The van der Waals surface area contributed by atoms with Crippen molar-refractivity contribution in [1.29, 1.82) is 0 Å². The van der Waals surface area contributed by atoms with Crippen LogP contribution in [0.4, 0.5) is 0 Å². The van der Waals surface area contributed by atoms with Crippen LogP contribution in [0.25, 0.3) is 0 Å². The number of rotatable bonds is 37. The van der Waals surface area contributed by atoms with Gasteiger partial charge in [0, 0.05) is 13.0 Å². The summed E-state index contributed by atoms with van der Waals surface area (Å²) in [6.07, 6.45) is 38.6. The first-order valence-electron chi connectivity index (χ1n) is 20.2. The largest absolute Gasteiger partial charge is 0.756 e. The van der Waals surface area contributed by atoms with E-state index < -0.39 is 13.9 Å². The lowest BCUT2D eigenvalue weighted by molar-refractivity contribution is -0.870. The zero-order valence-corrected chi connectivity index (χ0v) is 34.0. The molecule has 0 aromatic carbocycles. The fourth-order valence-corrected chi connectivity index (χ4v) is 5.93. The number of quaternary nitrogens is 1. The smallest absolute Gasteiger partial charge is 0.306 e. The van der Waals surface area contributed by atoms with Gasteiger partial charge in [0.05, 0.1) is 34.4 Å². The summed E-state index contributed by atoms with van der Waals surface area (Å²) in [5.41, 5.74) is 0. The Hall–Kier alpha value is -1.28. The van der Waals surface area contributed by atoms with Gasteiger partial charge in [0.15, 0.2) is 0 Å². The molecule has 0 aromatic heterocycles. The van der Waals surface area contributed by atoms with Crippen molar-refractivity contribution in [2.45, 2.75) is 168 Å². The Morgan fingerprint density at radius 1 is 0.620 bits per heavy atom. The molecule has 0 aliphatic carbocycles. The van der Waals surface area contributed by atoms with Gasteiger partial charge in [0.2, 0.25) is 0 Å². The molecule has 0 aliphatic heterocycles. The van der Waals surface area contributed by atoms with Crippen LogP contribution in [0, 0.1) is 0 Å². The minimum Gasteiger partial charge on any atom is -0.756 e. The van der Waals surface area contributed by atoms with Crippen molar-refractivity contribution in [2.75, 3.05) is 54.1 Å². The Labute approximate surface area is 308 Å². The molecule has 294 valence electrons. The van der Waals surface area contributed by atoms with Crippen molar-refractivity contribution in [1.82, 2.24) is 0 Å². The van der Waals surface area contributed by atoms with Crippen molar-refractivity contribution in [2.24, 2.45) is 0 Å². The molecule has 50 heavy (non-hydrogen) atoms. The van der Waals surface area contributed by atoms with Gasteiger partial charge in [0.1, 0.15) is 19.3 Å². The van der Waals surface area contributed by atoms with Crippen LogP contribution < -0.4 is 4.89 Å². The van der Waals surface area contributed by atoms with Gasteiger partial charge in [-0.15, -0.1) is 0 Å². The fourth-order valence-electron chi connectivity index (χ4n) is 5.20. The maximum Gasteiger partial charge on any atom is 0.306 e. The van der Waals surface area contributed by atoms with Gasteiger partial charge in [-0.1, -0.05) is 127 Å². The number of hydrogen-bond donors (Lipinski definition) is 0. The first kappa shape index (κ1) is 48.7. The van der Waals surface area contributed by atoms with Gasteiger partial charge in [-0.25, -0.2) is 0 Å². The minimum absolute atomic E-state index is 0.0216. The van der Waals surface area contributed by atoms with E-state index in [4.69, 9.17) is 18.5 Å². The molecule has 2 unspecified atom stereocenters. The van der Waals surface area contributed by atoms with Gasteiger partial charge < -0.3 is 27.9 Å². The molecule has 9 heteroatoms. The lowest BCUT2D eigenvalue weighted by atomic mass is 10.1. The lowest BCUT2D eigenvalue weighted by Crippen LogP contribution is -2.37. The van der Waals surface area contributed by atoms with Crippen LogP contribution in [0.15, 0.2) is 36.5 Å². The SMILES string of the molecule is CCCC/C=C\C/C=C\CCCCCCCC(=O)OC(COCCCCCCCC/C=C\CCCCCC)COP(=O)([O-])OCC[N+](C)(C)C. The fraction of sp³-hybridized carbons (Fsp3) is 0.829. The molecule has 0 N–H and O–H groups in total. The highest BCUT2D eigenvalue weighted by atomic mass is 31.2. The Balaban J connectivity index is 4.32. The number of carbonyl (C=O) groups excluding carboxylic acids is 1. The first-order chi connectivity index (χ1) is 24.1. The van der Waals surface area contributed by atoms with Crippen LogP contribution >= 0.6 is 7.82 Å². The van der Waals surface area contributed by atoms with Gasteiger partial charge >= 0.3 is 5.97 Å². The van der Waals surface area contributed by atoms with E-state index in [0.29, 0.717) is 24.1 Å². The summed E-state index contributed by atoms with van der Waals surface area (Å²) in [5.74, 6) is -0.352. The number of phosphoric ester groups is 1. The van der Waals surface area contributed by atoms with Gasteiger partial charge in [0.25, 0.3) is 7.82 Å². The van der Waals surface area contributed by atoms with E-state index in [-0.39, 0.29) is 25.8 Å². The molecule has 0 aliphatic rings. The third-order valence-corrected chi connectivity index (χ3v) is 9.38. The third kappa shape index (κ3) is 38.0. The van der Waals surface area contributed by atoms with Gasteiger partial charge in [-0.3, -0.25) is 9.36 Å². The van der Waals surface area contributed by atoms with Crippen molar-refractivity contribution in [3.05, 3.63) is 36.5 Å². The molecular weight excluding hydrogens is 649 g/mol. The van der Waals surface area contributed by atoms with E-state index in [1.165, 1.54) is 83.5 Å². The maximum absolute atomic E-state index is 12.6. The Morgan fingerprint density at radius 2 is 1.12 bits per heavy atom. The standard InChI is InChI=1S/C41H78NO7P/c1-6-8-10-12-14-16-18-20-22-24-26-28-30-32-34-41(43)49-40(39-48-50(44,45)47-37-35-42(3,4)5)38-46-36-33-31-29-27-25-23-21-19-17-15-13-11-9-7-2/h12,14,17-20,40H,6-11,13,15-16,21-39H2,1-5H3/b14-12-,19-17-,20-18-. The second-order valence-electron chi connectivity index (χ2n) is 14.6. The van der Waals surface area contributed by atoms with Gasteiger partial charge in [-0.2, -0.15) is 0 Å². The molecule has 0 amide bonds. The Kier molecular flexibility index (Phi) is 33.9. The highest BCUT2D eigenvalue weighted by Gasteiger charge is 2.20. The number of nitrogens with zero attached hydrogens (tertiary/aromatic N) is 1. The normalized spacial score (nSPS) is 14.3. The highest BCUT2D eigenvalue weighted by Crippen LogP contribution is 2.38. The summed E-state index contributed by atoms with van der Waals surface area (Å²) in [6, 6.07) is 0. The molecular formula is C41H78NO7P. The van der Waals surface area contributed by atoms with Crippen LogP contribution in [-0.2, 0) is 27.9 Å². The summed E-state index contributed by atoms with van der Waals surface area (Å²) in [4.78, 5) is 25.0. The predicted molar refractivity (Wildman–Crippen MR) is 208 cm³/mol. The van der Waals surface area contributed by atoms with E-state index in [1.54, 1.807) is 0 Å². The number of likely N-dealkylation sites (N-methyl/N-ethyl adjacent to an activating group) is 1. The zero-order chi connectivity index (χ0) is 37.0. The van der Waals surface area contributed by atoms with Crippen molar-refractivity contribution >= 4 is 13.8 Å². The lowest BCUT2D eigenvalue weighted by Gasteiger charge is -2.28. The number of ether oxygens (including phenoxy) is 2. The van der Waals surface area contributed by atoms with Crippen LogP contribution in [0.3, 0.4) is 0 Å². The van der Waals surface area contributed by atoms with Crippen LogP contribution in [-0.4, -0.2) is 70.7 Å². The molecule has 0 fully saturated rings. The van der Waals surface area contributed by atoms with Crippen LogP contribution in [0.1, 0.15) is 162 Å². The molecule has 0 saturated carbocycles. The van der Waals surface area contributed by atoms with Crippen molar-refractivity contribution in [3.63, 3.8) is 0 Å². The van der Waals surface area contributed by atoms with Crippen LogP contribution in [0.5, 0.6) is 0 Å². The number of hydrogen-bond acceptors (Lipinski definition) is 7. The maximum atomic E-state index is 12.6. The summed E-state index contributed by atoms with van der Waals surface area (Å²) in [7, 11) is 1.34. The van der Waals surface area contributed by atoms with Crippen LogP contribution in [0.2, 0.25) is 0 Å². The molecule has 0 bridgehead atoms. The summed E-state index contributed by atoms with van der Waals surface area (Å²) in [5, 5.41) is 0. The molecule has 0 aromatic rings. The number of phosphoric acid groups is 1. The number of unbranched alkanes of at least 4 members (excludes halogenated alkanes) is 17. The van der Waals surface area contributed by atoms with E-state index in [9.17, 15) is 14.3 Å². The Morgan fingerprint density at radius 3 is 1.70 bits per heavy atom. The highest BCUT2D eigenvalue weighted by molar-refractivity contribution is 7.45. The summed E-state index contributed by atoms with van der Waals surface area (Å²) in [6.45, 7) is 5.32. The van der Waals surface area contributed by atoms with Crippen molar-refractivity contribution < 1.29 is 37.3 Å². The van der Waals surface area contributed by atoms with E-state index in [0.717, 1.165) is 57.8 Å². The van der Waals surface area contributed by atoms with Gasteiger partial charge in [-0.05, 0) is 64.2 Å². The molecule has 8 nitrogen and oxygen atoms in total. The first-order valence-corrected chi connectivity index (χ1v) is 21.7. The quantitative estimate of drug-likeness (QED) is 0.0207. The van der Waals surface area contributed by atoms with Crippen molar-refractivity contribution in [3.8, 4) is 0 Å². The van der Waals surface area contributed by atoms with E-state index in [2.05, 4.69) is 50.3 Å². The van der Waals surface area contributed by atoms with E-state index >= 15 is 0 Å². The average molecular weight is 728 g/mol. The molecule has 0 radical (unpaired) electrons. The molecule has 0 rings (SSSR count). The molecule has 0 heterocycles. The summed E-state index contributed by atoms with van der Waals surface area (Å²) >= 11 is 0. The second kappa shape index (κ2) is 34.8. The minimum atomic E-state index is -4.52. The van der Waals surface area contributed by atoms with E-state index in [1.807, 2.05) is 21.1 Å². The monoisotopic (exact) mass is 728 g/mol. The molecule has 0 spiro atoms. The average Bonchev–Trinajstić information content (AvgIpc) is 3.06. The Bertz CT molecular complexity index is 900. The number of allylic oxidation sites excluding steroid dienone is 6. The molecule has 2 atom stereocenters. The third-order valence-electron chi connectivity index (χ3n) is 8.41. The number of esters is 1. The topological polar surface area (TPSA) is 94.1 Å².